The molecule has 1 heterocycles. The van der Waals surface area contributed by atoms with Crippen LogP contribution in [0.3, 0.4) is 0 Å². The van der Waals surface area contributed by atoms with Crippen LogP contribution in [0.2, 0.25) is 0 Å². The van der Waals surface area contributed by atoms with Crippen molar-refractivity contribution in [1.82, 2.24) is 10.3 Å². The predicted octanol–water partition coefficient (Wildman–Crippen LogP) is 3.48. The zero-order valence-electron chi connectivity index (χ0n) is 9.13. The Bertz CT molecular complexity index is 320. The molecule has 0 bridgehead atoms. The maximum absolute atomic E-state index is 6.07. The Morgan fingerprint density at radius 2 is 2.06 bits per heavy atom. The number of hydrogen-bond donors (Lipinski definition) is 1. The Balaban J connectivity index is 1.77. The maximum Gasteiger partial charge on any atom is 0.0542 e. The number of nitrogens with zero attached hydrogens (tertiary/aromatic N) is 1. The average Bonchev–Trinajstić information content (AvgIpc) is 2.30. The van der Waals surface area contributed by atoms with E-state index < -0.39 is 0 Å². The highest BCUT2D eigenvalue weighted by atomic mass is 79.9. The van der Waals surface area contributed by atoms with Crippen molar-refractivity contribution in [3.8, 4) is 0 Å². The first-order chi connectivity index (χ1) is 7.74. The normalized spacial score (nSPS) is 25.6. The minimum Gasteiger partial charge on any atom is -0.308 e. The van der Waals surface area contributed by atoms with Crippen LogP contribution < -0.4 is 5.32 Å². The highest BCUT2D eigenvalue weighted by molar-refractivity contribution is 9.10. The fraction of sp³-hybridized carbons (Fsp3) is 0.583. The average molecular weight is 304 g/mol. The molecular formula is C12H16BrClN2. The van der Waals surface area contributed by atoms with Gasteiger partial charge in [-0.1, -0.05) is 0 Å². The van der Waals surface area contributed by atoms with Crippen LogP contribution in [0.1, 0.15) is 31.4 Å². The van der Waals surface area contributed by atoms with Crippen LogP contribution in [0.5, 0.6) is 0 Å². The number of rotatable bonds is 3. The topological polar surface area (TPSA) is 24.9 Å². The second-order valence-corrected chi connectivity index (χ2v) is 5.83. The van der Waals surface area contributed by atoms with Gasteiger partial charge in [-0.15, -0.1) is 11.6 Å². The molecule has 1 aromatic heterocycles. The summed E-state index contributed by atoms with van der Waals surface area (Å²) in [4.78, 5) is 4.34. The van der Waals surface area contributed by atoms with Gasteiger partial charge in [0.1, 0.15) is 0 Å². The van der Waals surface area contributed by atoms with Gasteiger partial charge in [0.25, 0.3) is 0 Å². The van der Waals surface area contributed by atoms with E-state index in [1.807, 2.05) is 18.3 Å². The minimum absolute atomic E-state index is 0.392. The van der Waals surface area contributed by atoms with Crippen molar-refractivity contribution in [2.75, 3.05) is 0 Å². The number of nitrogens with one attached hydrogen (secondary N) is 1. The summed E-state index contributed by atoms with van der Waals surface area (Å²) in [6, 6.07) is 4.68. The van der Waals surface area contributed by atoms with Crippen molar-refractivity contribution in [1.29, 1.82) is 0 Å². The molecule has 1 saturated carbocycles. The van der Waals surface area contributed by atoms with E-state index in [-0.39, 0.29) is 0 Å². The van der Waals surface area contributed by atoms with Crippen LogP contribution in [0.25, 0.3) is 0 Å². The van der Waals surface area contributed by atoms with E-state index in [2.05, 4.69) is 26.2 Å². The number of aromatic nitrogens is 1. The molecule has 16 heavy (non-hydrogen) atoms. The van der Waals surface area contributed by atoms with Crippen molar-refractivity contribution in [2.24, 2.45) is 0 Å². The molecule has 4 heteroatoms. The Morgan fingerprint density at radius 3 is 2.69 bits per heavy atom. The van der Waals surface area contributed by atoms with Gasteiger partial charge in [-0.25, -0.2) is 0 Å². The van der Waals surface area contributed by atoms with Crippen LogP contribution in [0.15, 0.2) is 22.8 Å². The smallest absolute Gasteiger partial charge is 0.0542 e. The molecule has 88 valence electrons. The Labute approximate surface area is 110 Å². The third-order valence-corrected chi connectivity index (χ3v) is 3.92. The molecule has 1 aromatic rings. The van der Waals surface area contributed by atoms with Gasteiger partial charge >= 0.3 is 0 Å². The van der Waals surface area contributed by atoms with Crippen LogP contribution >= 0.6 is 27.5 Å². The molecule has 0 spiro atoms. The van der Waals surface area contributed by atoms with Gasteiger partial charge in [0.15, 0.2) is 0 Å². The monoisotopic (exact) mass is 302 g/mol. The molecular weight excluding hydrogens is 288 g/mol. The molecule has 2 rings (SSSR count). The Hall–Kier alpha value is -0.120. The number of pyridine rings is 1. The standard InChI is InChI=1S/C12H16BrClN2/c13-9-1-4-12(15-7-9)8-16-11-5-2-10(14)3-6-11/h1,4,7,10-11,16H,2-3,5-6,8H2. The molecule has 1 fully saturated rings. The van der Waals surface area contributed by atoms with E-state index in [0.717, 1.165) is 29.6 Å². The summed E-state index contributed by atoms with van der Waals surface area (Å²) >= 11 is 9.45. The maximum atomic E-state index is 6.07. The van der Waals surface area contributed by atoms with Gasteiger partial charge in [-0.3, -0.25) is 4.98 Å². The summed E-state index contributed by atoms with van der Waals surface area (Å²) in [5.74, 6) is 0. The lowest BCUT2D eigenvalue weighted by Crippen LogP contribution is -2.33. The van der Waals surface area contributed by atoms with E-state index in [1.54, 1.807) is 0 Å². The zero-order valence-corrected chi connectivity index (χ0v) is 11.5. The highest BCUT2D eigenvalue weighted by Gasteiger charge is 2.18. The summed E-state index contributed by atoms with van der Waals surface area (Å²) in [5.41, 5.74) is 1.09. The first-order valence-electron chi connectivity index (χ1n) is 5.72. The van der Waals surface area contributed by atoms with Gasteiger partial charge in [0.05, 0.1) is 5.69 Å². The van der Waals surface area contributed by atoms with E-state index in [9.17, 15) is 0 Å². The van der Waals surface area contributed by atoms with Gasteiger partial charge in [-0.05, 0) is 53.7 Å². The molecule has 1 aliphatic rings. The minimum atomic E-state index is 0.392. The molecule has 0 amide bonds. The van der Waals surface area contributed by atoms with E-state index in [4.69, 9.17) is 11.6 Å². The molecule has 0 aromatic carbocycles. The molecule has 0 aliphatic heterocycles. The number of alkyl halides is 1. The van der Waals surface area contributed by atoms with Crippen molar-refractivity contribution < 1.29 is 0 Å². The largest absolute Gasteiger partial charge is 0.308 e. The summed E-state index contributed by atoms with van der Waals surface area (Å²) < 4.78 is 1.03. The summed E-state index contributed by atoms with van der Waals surface area (Å²) in [7, 11) is 0. The second-order valence-electron chi connectivity index (χ2n) is 4.30. The lowest BCUT2D eigenvalue weighted by molar-refractivity contribution is 0.374. The molecule has 0 radical (unpaired) electrons. The number of hydrogen-bond acceptors (Lipinski definition) is 2. The fourth-order valence-corrected chi connectivity index (χ4v) is 2.50. The summed E-state index contributed by atoms with van der Waals surface area (Å²) in [5, 5.41) is 3.93. The quantitative estimate of drug-likeness (QED) is 0.865. The van der Waals surface area contributed by atoms with Gasteiger partial charge in [0, 0.05) is 28.6 Å². The second kappa shape index (κ2) is 5.99. The third kappa shape index (κ3) is 3.72. The van der Waals surface area contributed by atoms with Crippen molar-refractivity contribution >= 4 is 27.5 Å². The summed E-state index contributed by atoms with van der Waals surface area (Å²) in [6.07, 6.45) is 6.47. The van der Waals surface area contributed by atoms with Crippen molar-refractivity contribution in [2.45, 2.75) is 43.6 Å². The predicted molar refractivity (Wildman–Crippen MR) is 70.7 cm³/mol. The molecule has 1 N–H and O–H groups in total. The third-order valence-electron chi connectivity index (χ3n) is 3.02. The first kappa shape index (κ1) is 12.3. The van der Waals surface area contributed by atoms with Crippen molar-refractivity contribution in [3.63, 3.8) is 0 Å². The molecule has 2 nitrogen and oxygen atoms in total. The van der Waals surface area contributed by atoms with Crippen LogP contribution in [0, 0.1) is 0 Å². The van der Waals surface area contributed by atoms with Crippen LogP contribution in [-0.4, -0.2) is 16.4 Å². The SMILES string of the molecule is ClC1CCC(NCc2ccc(Br)cn2)CC1. The number of halogens is 2. The van der Waals surface area contributed by atoms with E-state index in [0.29, 0.717) is 11.4 Å². The van der Waals surface area contributed by atoms with Gasteiger partial charge in [-0.2, -0.15) is 0 Å². The Morgan fingerprint density at radius 1 is 1.31 bits per heavy atom. The van der Waals surface area contributed by atoms with E-state index >= 15 is 0 Å². The molecule has 0 unspecified atom stereocenters. The first-order valence-corrected chi connectivity index (χ1v) is 6.95. The van der Waals surface area contributed by atoms with Gasteiger partial charge < -0.3 is 5.32 Å². The summed E-state index contributed by atoms with van der Waals surface area (Å²) in [6.45, 7) is 0.852. The molecule has 0 saturated heterocycles. The highest BCUT2D eigenvalue weighted by Crippen LogP contribution is 2.22. The fourth-order valence-electron chi connectivity index (χ4n) is 2.02. The van der Waals surface area contributed by atoms with Gasteiger partial charge in [0.2, 0.25) is 0 Å². The van der Waals surface area contributed by atoms with E-state index in [1.165, 1.54) is 12.8 Å². The lowest BCUT2D eigenvalue weighted by Gasteiger charge is -2.25. The Kier molecular flexibility index (Phi) is 4.62. The lowest BCUT2D eigenvalue weighted by atomic mass is 9.95. The molecule has 0 atom stereocenters. The van der Waals surface area contributed by atoms with Crippen molar-refractivity contribution in [3.05, 3.63) is 28.5 Å². The van der Waals surface area contributed by atoms with Crippen LogP contribution in [0.4, 0.5) is 0 Å². The molecule has 1 aliphatic carbocycles. The van der Waals surface area contributed by atoms with Crippen LogP contribution in [-0.2, 0) is 6.54 Å². The zero-order chi connectivity index (χ0) is 11.4.